The average Bonchev–Trinajstić information content (AvgIpc) is 3.22. The number of nitrogens with zero attached hydrogens (tertiary/aromatic N) is 5. The SMILES string of the molecule is CCc1noc([C@@H](C)N2CCCN(c3nc4ccccc4[nH]3)CC2)n1. The summed E-state index contributed by atoms with van der Waals surface area (Å²) < 4.78 is 5.43. The summed E-state index contributed by atoms with van der Waals surface area (Å²) in [4.78, 5) is 17.4. The molecule has 25 heavy (non-hydrogen) atoms. The van der Waals surface area contributed by atoms with Gasteiger partial charge in [0.2, 0.25) is 11.8 Å². The van der Waals surface area contributed by atoms with E-state index in [-0.39, 0.29) is 6.04 Å². The largest absolute Gasteiger partial charge is 0.341 e. The summed E-state index contributed by atoms with van der Waals surface area (Å²) >= 11 is 0. The van der Waals surface area contributed by atoms with Gasteiger partial charge in [0.1, 0.15) is 0 Å². The zero-order valence-corrected chi connectivity index (χ0v) is 14.8. The molecule has 1 aliphatic heterocycles. The highest BCUT2D eigenvalue weighted by Crippen LogP contribution is 2.23. The van der Waals surface area contributed by atoms with Crippen LogP contribution in [0.3, 0.4) is 0 Å². The van der Waals surface area contributed by atoms with Gasteiger partial charge in [-0.2, -0.15) is 4.98 Å². The molecule has 3 aromatic rings. The second-order valence-corrected chi connectivity index (χ2v) is 6.53. The van der Waals surface area contributed by atoms with Crippen molar-refractivity contribution < 1.29 is 4.52 Å². The van der Waals surface area contributed by atoms with Crippen LogP contribution in [0.1, 0.15) is 38.0 Å². The van der Waals surface area contributed by atoms with Gasteiger partial charge in [-0.25, -0.2) is 4.98 Å². The first-order chi connectivity index (χ1) is 12.2. The van der Waals surface area contributed by atoms with Crippen LogP contribution in [0, 0.1) is 0 Å². The number of fused-ring (bicyclic) bond motifs is 1. The maximum absolute atomic E-state index is 5.43. The van der Waals surface area contributed by atoms with E-state index in [4.69, 9.17) is 9.51 Å². The summed E-state index contributed by atoms with van der Waals surface area (Å²) in [6.07, 6.45) is 1.88. The minimum atomic E-state index is 0.142. The number of nitrogens with one attached hydrogen (secondary N) is 1. The molecule has 0 amide bonds. The number of hydrogen-bond donors (Lipinski definition) is 1. The third-order valence-corrected chi connectivity index (χ3v) is 4.91. The summed E-state index contributed by atoms with van der Waals surface area (Å²) in [6, 6.07) is 8.31. The van der Waals surface area contributed by atoms with Crippen LogP contribution in [-0.4, -0.2) is 51.2 Å². The Morgan fingerprint density at radius 3 is 2.84 bits per heavy atom. The molecule has 132 valence electrons. The molecule has 0 spiro atoms. The standard InChI is InChI=1S/C18H24N6O/c1-3-16-21-17(25-22-16)13(2)23-9-6-10-24(12-11-23)18-19-14-7-4-5-8-15(14)20-18/h4-5,7-8,13H,3,6,9-12H2,1-2H3,(H,19,20)/t13-/m1/s1. The van der Waals surface area contributed by atoms with Crippen molar-refractivity contribution >= 4 is 17.0 Å². The molecule has 1 aliphatic rings. The first kappa shape index (κ1) is 16.1. The van der Waals surface area contributed by atoms with Crippen molar-refractivity contribution in [2.24, 2.45) is 0 Å². The van der Waals surface area contributed by atoms with Crippen molar-refractivity contribution in [1.29, 1.82) is 0 Å². The van der Waals surface area contributed by atoms with Crippen LogP contribution in [0.2, 0.25) is 0 Å². The van der Waals surface area contributed by atoms with Crippen LogP contribution >= 0.6 is 0 Å². The van der Waals surface area contributed by atoms with E-state index in [1.165, 1.54) is 0 Å². The van der Waals surface area contributed by atoms with Crippen molar-refractivity contribution in [3.05, 3.63) is 36.0 Å². The zero-order valence-electron chi connectivity index (χ0n) is 14.8. The quantitative estimate of drug-likeness (QED) is 0.787. The van der Waals surface area contributed by atoms with Gasteiger partial charge in [-0.05, 0) is 25.5 Å². The Labute approximate surface area is 147 Å². The Hall–Kier alpha value is -2.41. The molecule has 1 atom stereocenters. The second kappa shape index (κ2) is 6.84. The molecule has 0 saturated carbocycles. The number of aromatic nitrogens is 4. The van der Waals surface area contributed by atoms with E-state index >= 15 is 0 Å². The lowest BCUT2D eigenvalue weighted by Crippen LogP contribution is -2.33. The van der Waals surface area contributed by atoms with Crippen LogP contribution in [0.5, 0.6) is 0 Å². The molecule has 1 saturated heterocycles. The Kier molecular flexibility index (Phi) is 4.40. The molecule has 2 aromatic heterocycles. The first-order valence-corrected chi connectivity index (χ1v) is 9.01. The molecule has 4 rings (SSSR count). The fraction of sp³-hybridized carbons (Fsp3) is 0.500. The highest BCUT2D eigenvalue weighted by atomic mass is 16.5. The van der Waals surface area contributed by atoms with Crippen molar-refractivity contribution in [3.8, 4) is 0 Å². The van der Waals surface area contributed by atoms with Gasteiger partial charge in [-0.3, -0.25) is 4.90 Å². The highest BCUT2D eigenvalue weighted by molar-refractivity contribution is 5.77. The molecular weight excluding hydrogens is 316 g/mol. The highest BCUT2D eigenvalue weighted by Gasteiger charge is 2.25. The van der Waals surface area contributed by atoms with Crippen LogP contribution < -0.4 is 4.90 Å². The van der Waals surface area contributed by atoms with E-state index in [2.05, 4.69) is 37.9 Å². The molecule has 7 nitrogen and oxygen atoms in total. The Morgan fingerprint density at radius 1 is 1.16 bits per heavy atom. The van der Waals surface area contributed by atoms with Crippen LogP contribution in [-0.2, 0) is 6.42 Å². The van der Waals surface area contributed by atoms with Gasteiger partial charge in [0.05, 0.1) is 17.1 Å². The summed E-state index contributed by atoms with van der Waals surface area (Å²) in [6.45, 7) is 8.07. The van der Waals surface area contributed by atoms with Gasteiger partial charge in [0.15, 0.2) is 5.82 Å². The van der Waals surface area contributed by atoms with Crippen LogP contribution in [0.4, 0.5) is 5.95 Å². The van der Waals surface area contributed by atoms with Gasteiger partial charge in [-0.15, -0.1) is 0 Å². The number of H-pyrrole nitrogens is 1. The van der Waals surface area contributed by atoms with E-state index in [1.54, 1.807) is 0 Å². The zero-order chi connectivity index (χ0) is 17.2. The summed E-state index contributed by atoms with van der Waals surface area (Å²) in [5.41, 5.74) is 2.11. The number of aromatic amines is 1. The molecule has 0 radical (unpaired) electrons. The summed E-state index contributed by atoms with van der Waals surface area (Å²) in [7, 11) is 0. The Balaban J connectivity index is 1.46. The number of benzene rings is 1. The first-order valence-electron chi connectivity index (χ1n) is 9.01. The van der Waals surface area contributed by atoms with Crippen molar-refractivity contribution in [1.82, 2.24) is 25.0 Å². The van der Waals surface area contributed by atoms with Crippen molar-refractivity contribution in [2.45, 2.75) is 32.7 Å². The molecule has 0 aliphatic carbocycles. The summed E-state index contributed by atoms with van der Waals surface area (Å²) in [5.74, 6) is 2.45. The molecule has 3 heterocycles. The number of aryl methyl sites for hydroxylation is 1. The molecule has 7 heteroatoms. The molecule has 1 aromatic carbocycles. The second-order valence-electron chi connectivity index (χ2n) is 6.53. The number of anilines is 1. The molecule has 1 fully saturated rings. The third kappa shape index (κ3) is 3.24. The number of para-hydroxylation sites is 2. The Bertz CT molecular complexity index is 808. The van der Waals surface area contributed by atoms with E-state index < -0.39 is 0 Å². The van der Waals surface area contributed by atoms with Gasteiger partial charge in [0, 0.05) is 32.6 Å². The lowest BCUT2D eigenvalue weighted by Gasteiger charge is -2.25. The topological polar surface area (TPSA) is 74.1 Å². The predicted octanol–water partition coefficient (Wildman–Crippen LogP) is 2.78. The van der Waals surface area contributed by atoms with Gasteiger partial charge in [0.25, 0.3) is 0 Å². The average molecular weight is 340 g/mol. The van der Waals surface area contributed by atoms with Gasteiger partial charge < -0.3 is 14.4 Å². The lowest BCUT2D eigenvalue weighted by molar-refractivity contribution is 0.184. The maximum Gasteiger partial charge on any atom is 0.243 e. The maximum atomic E-state index is 5.43. The van der Waals surface area contributed by atoms with Gasteiger partial charge in [-0.1, -0.05) is 24.2 Å². The normalized spacial score (nSPS) is 17.8. The fourth-order valence-electron chi connectivity index (χ4n) is 3.36. The van der Waals surface area contributed by atoms with Crippen LogP contribution in [0.15, 0.2) is 28.8 Å². The molecular formula is C18H24N6O. The van der Waals surface area contributed by atoms with Crippen molar-refractivity contribution in [3.63, 3.8) is 0 Å². The summed E-state index contributed by atoms with van der Waals surface area (Å²) in [5, 5.41) is 4.02. The Morgan fingerprint density at radius 2 is 2.04 bits per heavy atom. The minimum Gasteiger partial charge on any atom is -0.341 e. The van der Waals surface area contributed by atoms with E-state index in [0.29, 0.717) is 5.89 Å². The predicted molar refractivity (Wildman–Crippen MR) is 96.6 cm³/mol. The lowest BCUT2D eigenvalue weighted by atomic mass is 10.2. The van der Waals surface area contributed by atoms with E-state index in [9.17, 15) is 0 Å². The van der Waals surface area contributed by atoms with Crippen molar-refractivity contribution in [2.75, 3.05) is 31.1 Å². The monoisotopic (exact) mass is 340 g/mol. The fourth-order valence-corrected chi connectivity index (χ4v) is 3.36. The molecule has 0 unspecified atom stereocenters. The smallest absolute Gasteiger partial charge is 0.243 e. The molecule has 0 bridgehead atoms. The van der Waals surface area contributed by atoms with E-state index in [0.717, 1.165) is 61.8 Å². The number of rotatable bonds is 4. The minimum absolute atomic E-state index is 0.142. The number of imidazole rings is 1. The third-order valence-electron chi connectivity index (χ3n) is 4.91. The van der Waals surface area contributed by atoms with Gasteiger partial charge >= 0.3 is 0 Å². The van der Waals surface area contributed by atoms with Crippen LogP contribution in [0.25, 0.3) is 11.0 Å². The number of hydrogen-bond acceptors (Lipinski definition) is 6. The molecule has 1 N–H and O–H groups in total. The van der Waals surface area contributed by atoms with E-state index in [1.807, 2.05) is 25.1 Å².